The van der Waals surface area contributed by atoms with Crippen LogP contribution in [0.25, 0.3) is 0 Å². The zero-order valence-electron chi connectivity index (χ0n) is 12.3. The summed E-state index contributed by atoms with van der Waals surface area (Å²) in [5.74, 6) is 1.06. The lowest BCUT2D eigenvalue weighted by atomic mass is 9.91. The Morgan fingerprint density at radius 2 is 2.26 bits per heavy atom. The Morgan fingerprint density at radius 1 is 1.47 bits per heavy atom. The minimum Gasteiger partial charge on any atom is -0.508 e. The maximum atomic E-state index is 9.76. The third-order valence-corrected chi connectivity index (χ3v) is 4.30. The second kappa shape index (κ2) is 6.29. The SMILES string of the molecule is CCN1CCCC(C(C)Nc2ccc(C)c(O)c2)C1. The summed E-state index contributed by atoms with van der Waals surface area (Å²) in [4.78, 5) is 2.53. The fourth-order valence-corrected chi connectivity index (χ4v) is 2.87. The topological polar surface area (TPSA) is 35.5 Å². The molecule has 2 rings (SSSR count). The number of nitrogens with one attached hydrogen (secondary N) is 1. The van der Waals surface area contributed by atoms with E-state index in [1.54, 1.807) is 0 Å². The molecule has 1 aromatic carbocycles. The third-order valence-electron chi connectivity index (χ3n) is 4.30. The number of phenolic OH excluding ortho intramolecular Hbond substituents is 1. The normalized spacial score (nSPS) is 22.2. The van der Waals surface area contributed by atoms with E-state index < -0.39 is 0 Å². The van der Waals surface area contributed by atoms with Gasteiger partial charge < -0.3 is 15.3 Å². The van der Waals surface area contributed by atoms with E-state index in [0.29, 0.717) is 17.7 Å². The highest BCUT2D eigenvalue weighted by Crippen LogP contribution is 2.25. The van der Waals surface area contributed by atoms with Crippen LogP contribution in [0.5, 0.6) is 5.75 Å². The molecule has 0 radical (unpaired) electrons. The molecular formula is C16H26N2O. The first-order chi connectivity index (χ1) is 9.10. The highest BCUT2D eigenvalue weighted by molar-refractivity contribution is 5.51. The monoisotopic (exact) mass is 262 g/mol. The molecule has 0 spiro atoms. The smallest absolute Gasteiger partial charge is 0.120 e. The highest BCUT2D eigenvalue weighted by Gasteiger charge is 2.23. The maximum Gasteiger partial charge on any atom is 0.120 e. The van der Waals surface area contributed by atoms with Gasteiger partial charge in [-0.05, 0) is 57.3 Å². The molecule has 3 nitrogen and oxygen atoms in total. The summed E-state index contributed by atoms with van der Waals surface area (Å²) in [5, 5.41) is 13.3. The molecule has 1 saturated heterocycles. The molecule has 1 fully saturated rings. The molecule has 0 aliphatic carbocycles. The summed E-state index contributed by atoms with van der Waals surface area (Å²) in [5.41, 5.74) is 1.94. The number of piperidine rings is 1. The summed E-state index contributed by atoms with van der Waals surface area (Å²) in [6.45, 7) is 9.98. The Morgan fingerprint density at radius 3 is 2.95 bits per heavy atom. The predicted molar refractivity (Wildman–Crippen MR) is 80.8 cm³/mol. The lowest BCUT2D eigenvalue weighted by Gasteiger charge is -2.35. The molecule has 0 saturated carbocycles. The number of rotatable bonds is 4. The van der Waals surface area contributed by atoms with Gasteiger partial charge in [-0.15, -0.1) is 0 Å². The van der Waals surface area contributed by atoms with Gasteiger partial charge in [0.05, 0.1) is 0 Å². The summed E-state index contributed by atoms with van der Waals surface area (Å²) >= 11 is 0. The number of nitrogens with zero attached hydrogens (tertiary/aromatic N) is 1. The van der Waals surface area contributed by atoms with Gasteiger partial charge in [0, 0.05) is 24.3 Å². The highest BCUT2D eigenvalue weighted by atomic mass is 16.3. The van der Waals surface area contributed by atoms with Crippen molar-refractivity contribution >= 4 is 5.69 Å². The second-order valence-corrected chi connectivity index (χ2v) is 5.73. The van der Waals surface area contributed by atoms with Crippen molar-refractivity contribution in [2.24, 2.45) is 5.92 Å². The van der Waals surface area contributed by atoms with Crippen LogP contribution in [0.2, 0.25) is 0 Å². The second-order valence-electron chi connectivity index (χ2n) is 5.73. The Balaban J connectivity index is 1.96. The van der Waals surface area contributed by atoms with Gasteiger partial charge in [-0.3, -0.25) is 0 Å². The molecule has 19 heavy (non-hydrogen) atoms. The average Bonchev–Trinajstić information content (AvgIpc) is 2.43. The summed E-state index contributed by atoms with van der Waals surface area (Å²) in [6, 6.07) is 6.28. The summed E-state index contributed by atoms with van der Waals surface area (Å²) in [6.07, 6.45) is 2.59. The van der Waals surface area contributed by atoms with Crippen molar-refractivity contribution < 1.29 is 5.11 Å². The minimum atomic E-state index is 0.371. The standard InChI is InChI=1S/C16H26N2O/c1-4-18-9-5-6-14(11-18)13(3)17-15-8-7-12(2)16(19)10-15/h7-8,10,13-14,17,19H,4-6,9,11H2,1-3H3. The number of aryl methyl sites for hydroxylation is 1. The lowest BCUT2D eigenvalue weighted by Crippen LogP contribution is -2.41. The largest absolute Gasteiger partial charge is 0.508 e. The van der Waals surface area contributed by atoms with Crippen LogP contribution in [0.1, 0.15) is 32.3 Å². The van der Waals surface area contributed by atoms with Crippen LogP contribution in [0.15, 0.2) is 18.2 Å². The number of hydrogen-bond acceptors (Lipinski definition) is 3. The van der Waals surface area contributed by atoms with E-state index in [-0.39, 0.29) is 0 Å². The van der Waals surface area contributed by atoms with Gasteiger partial charge in [0.15, 0.2) is 0 Å². The van der Waals surface area contributed by atoms with Crippen molar-refractivity contribution in [1.29, 1.82) is 0 Å². The molecule has 1 heterocycles. The first-order valence-corrected chi connectivity index (χ1v) is 7.38. The number of hydrogen-bond donors (Lipinski definition) is 2. The fourth-order valence-electron chi connectivity index (χ4n) is 2.87. The minimum absolute atomic E-state index is 0.371. The van der Waals surface area contributed by atoms with E-state index in [2.05, 4.69) is 24.1 Å². The van der Waals surface area contributed by atoms with E-state index in [9.17, 15) is 5.11 Å². The third kappa shape index (κ3) is 3.63. The van der Waals surface area contributed by atoms with Crippen LogP contribution < -0.4 is 5.32 Å². The lowest BCUT2D eigenvalue weighted by molar-refractivity contribution is 0.172. The Hall–Kier alpha value is -1.22. The van der Waals surface area contributed by atoms with Crippen LogP contribution in [0.3, 0.4) is 0 Å². The van der Waals surface area contributed by atoms with Crippen LogP contribution in [-0.2, 0) is 0 Å². The van der Waals surface area contributed by atoms with Gasteiger partial charge in [0.25, 0.3) is 0 Å². The number of aromatic hydroxyl groups is 1. The van der Waals surface area contributed by atoms with Crippen molar-refractivity contribution in [3.63, 3.8) is 0 Å². The summed E-state index contributed by atoms with van der Waals surface area (Å²) < 4.78 is 0. The van der Waals surface area contributed by atoms with Crippen molar-refractivity contribution in [2.45, 2.75) is 39.7 Å². The quantitative estimate of drug-likeness (QED) is 0.874. The summed E-state index contributed by atoms with van der Waals surface area (Å²) in [7, 11) is 0. The van der Waals surface area contributed by atoms with Crippen LogP contribution in [0.4, 0.5) is 5.69 Å². The zero-order chi connectivity index (χ0) is 13.8. The zero-order valence-corrected chi connectivity index (χ0v) is 12.3. The molecule has 2 N–H and O–H groups in total. The van der Waals surface area contributed by atoms with Gasteiger partial charge in [0.2, 0.25) is 0 Å². The van der Waals surface area contributed by atoms with Crippen LogP contribution in [0, 0.1) is 12.8 Å². The Kier molecular flexibility index (Phi) is 4.70. The molecule has 1 aliphatic heterocycles. The van der Waals surface area contributed by atoms with Crippen LogP contribution >= 0.6 is 0 Å². The molecule has 106 valence electrons. The Bertz CT molecular complexity index is 419. The number of anilines is 1. The molecule has 2 unspecified atom stereocenters. The number of phenols is 1. The van der Waals surface area contributed by atoms with E-state index in [1.165, 1.54) is 25.9 Å². The molecule has 1 aliphatic rings. The average molecular weight is 262 g/mol. The molecule has 0 bridgehead atoms. The van der Waals surface area contributed by atoms with Crippen molar-refractivity contribution in [3.05, 3.63) is 23.8 Å². The van der Waals surface area contributed by atoms with Gasteiger partial charge in [0.1, 0.15) is 5.75 Å². The van der Waals surface area contributed by atoms with Crippen molar-refractivity contribution in [3.8, 4) is 5.75 Å². The van der Waals surface area contributed by atoms with Gasteiger partial charge in [-0.1, -0.05) is 13.0 Å². The van der Waals surface area contributed by atoms with E-state index in [0.717, 1.165) is 17.8 Å². The maximum absolute atomic E-state index is 9.76. The van der Waals surface area contributed by atoms with E-state index in [4.69, 9.17) is 0 Å². The van der Waals surface area contributed by atoms with E-state index >= 15 is 0 Å². The van der Waals surface area contributed by atoms with Gasteiger partial charge in [-0.25, -0.2) is 0 Å². The predicted octanol–water partition coefficient (Wildman–Crippen LogP) is 3.23. The molecule has 3 heteroatoms. The van der Waals surface area contributed by atoms with E-state index in [1.807, 2.05) is 25.1 Å². The molecule has 1 aromatic rings. The van der Waals surface area contributed by atoms with Crippen molar-refractivity contribution in [1.82, 2.24) is 4.90 Å². The number of likely N-dealkylation sites (tertiary alicyclic amines) is 1. The van der Waals surface area contributed by atoms with Crippen molar-refractivity contribution in [2.75, 3.05) is 25.0 Å². The number of benzene rings is 1. The first-order valence-electron chi connectivity index (χ1n) is 7.38. The van der Waals surface area contributed by atoms with Crippen LogP contribution in [-0.4, -0.2) is 35.7 Å². The van der Waals surface area contributed by atoms with Gasteiger partial charge >= 0.3 is 0 Å². The molecule has 0 amide bonds. The first kappa shape index (κ1) is 14.2. The fraction of sp³-hybridized carbons (Fsp3) is 0.625. The molecular weight excluding hydrogens is 236 g/mol. The molecule has 2 atom stereocenters. The Labute approximate surface area is 116 Å². The molecule has 0 aromatic heterocycles. The van der Waals surface area contributed by atoms with Gasteiger partial charge in [-0.2, -0.15) is 0 Å².